The topological polar surface area (TPSA) is 27.0 Å². The van der Waals surface area contributed by atoms with Crippen molar-refractivity contribution in [3.63, 3.8) is 0 Å². The van der Waals surface area contributed by atoms with Crippen molar-refractivity contribution < 1.29 is 4.39 Å². The van der Waals surface area contributed by atoms with Crippen molar-refractivity contribution in [1.29, 1.82) is 5.26 Å². The molecule has 0 aromatic heterocycles. The van der Waals surface area contributed by atoms with Crippen molar-refractivity contribution in [3.8, 4) is 6.07 Å². The van der Waals surface area contributed by atoms with Crippen LogP contribution < -0.4 is 0 Å². The molecule has 1 aromatic rings. The van der Waals surface area contributed by atoms with Gasteiger partial charge in [0, 0.05) is 11.0 Å². The van der Waals surface area contributed by atoms with Gasteiger partial charge in [-0.05, 0) is 37.1 Å². The van der Waals surface area contributed by atoms with Gasteiger partial charge < -0.3 is 0 Å². The maximum atomic E-state index is 12.9. The number of nitriles is 1. The van der Waals surface area contributed by atoms with Crippen LogP contribution in [-0.4, -0.2) is 17.5 Å². The molecule has 1 aromatic carbocycles. The third-order valence-electron chi connectivity index (χ3n) is 2.90. The van der Waals surface area contributed by atoms with Gasteiger partial charge in [-0.3, -0.25) is 4.90 Å². The van der Waals surface area contributed by atoms with Crippen LogP contribution in [0.3, 0.4) is 0 Å². The standard InChI is InChI=1S/C12H12BrFN2/c13-12-6-10(14)4-3-9(12)8-16-5-1-2-11(16)7-15/h3-4,6,11H,1-2,5,8H2. The zero-order valence-corrected chi connectivity index (χ0v) is 10.4. The third-order valence-corrected chi connectivity index (χ3v) is 3.64. The largest absolute Gasteiger partial charge is 0.284 e. The first kappa shape index (κ1) is 11.6. The zero-order valence-electron chi connectivity index (χ0n) is 8.79. The van der Waals surface area contributed by atoms with E-state index in [0.717, 1.165) is 29.4 Å². The van der Waals surface area contributed by atoms with Crippen LogP contribution in [0, 0.1) is 17.1 Å². The van der Waals surface area contributed by atoms with Gasteiger partial charge in [-0.1, -0.05) is 22.0 Å². The minimum Gasteiger partial charge on any atom is -0.284 e. The fraction of sp³-hybridized carbons (Fsp3) is 0.417. The summed E-state index contributed by atoms with van der Waals surface area (Å²) in [5, 5.41) is 8.96. The monoisotopic (exact) mass is 282 g/mol. The lowest BCUT2D eigenvalue weighted by Crippen LogP contribution is -2.27. The van der Waals surface area contributed by atoms with Gasteiger partial charge >= 0.3 is 0 Å². The fourth-order valence-corrected chi connectivity index (χ4v) is 2.51. The van der Waals surface area contributed by atoms with E-state index in [2.05, 4.69) is 26.9 Å². The number of hydrogen-bond donors (Lipinski definition) is 0. The van der Waals surface area contributed by atoms with E-state index in [9.17, 15) is 4.39 Å². The molecule has 0 bridgehead atoms. The van der Waals surface area contributed by atoms with E-state index < -0.39 is 0 Å². The van der Waals surface area contributed by atoms with E-state index in [1.165, 1.54) is 12.1 Å². The molecule has 0 spiro atoms. The molecule has 16 heavy (non-hydrogen) atoms. The normalized spacial score (nSPS) is 20.9. The number of likely N-dealkylation sites (tertiary alicyclic amines) is 1. The summed E-state index contributed by atoms with van der Waals surface area (Å²) >= 11 is 3.35. The SMILES string of the molecule is N#CC1CCCN1Cc1ccc(F)cc1Br. The molecule has 1 unspecified atom stereocenters. The van der Waals surface area contributed by atoms with E-state index in [-0.39, 0.29) is 11.9 Å². The van der Waals surface area contributed by atoms with E-state index >= 15 is 0 Å². The van der Waals surface area contributed by atoms with Crippen molar-refractivity contribution in [2.24, 2.45) is 0 Å². The maximum Gasteiger partial charge on any atom is 0.124 e. The summed E-state index contributed by atoms with van der Waals surface area (Å²) in [7, 11) is 0. The lowest BCUT2D eigenvalue weighted by atomic mass is 10.2. The van der Waals surface area contributed by atoms with Crippen LogP contribution in [0.5, 0.6) is 0 Å². The number of hydrogen-bond acceptors (Lipinski definition) is 2. The summed E-state index contributed by atoms with van der Waals surface area (Å²) in [6.45, 7) is 1.65. The Morgan fingerprint density at radius 2 is 2.38 bits per heavy atom. The highest BCUT2D eigenvalue weighted by Gasteiger charge is 2.24. The lowest BCUT2D eigenvalue weighted by Gasteiger charge is -2.19. The first-order valence-electron chi connectivity index (χ1n) is 5.28. The first-order valence-corrected chi connectivity index (χ1v) is 6.07. The predicted octanol–water partition coefficient (Wildman–Crippen LogP) is 3.08. The molecule has 1 atom stereocenters. The van der Waals surface area contributed by atoms with Crippen LogP contribution in [0.1, 0.15) is 18.4 Å². The number of nitrogens with zero attached hydrogens (tertiary/aromatic N) is 2. The smallest absolute Gasteiger partial charge is 0.124 e. The van der Waals surface area contributed by atoms with Crippen LogP contribution in [-0.2, 0) is 6.54 Å². The Morgan fingerprint density at radius 3 is 3.06 bits per heavy atom. The van der Waals surface area contributed by atoms with Gasteiger partial charge in [0.25, 0.3) is 0 Å². The van der Waals surface area contributed by atoms with Crippen molar-refractivity contribution in [2.75, 3.05) is 6.54 Å². The van der Waals surface area contributed by atoms with Crippen molar-refractivity contribution in [1.82, 2.24) is 4.90 Å². The van der Waals surface area contributed by atoms with Crippen LogP contribution in [0.2, 0.25) is 0 Å². The molecule has 0 radical (unpaired) electrons. The molecule has 1 heterocycles. The fourth-order valence-electron chi connectivity index (χ4n) is 2.03. The third kappa shape index (κ3) is 2.42. The molecule has 2 nitrogen and oxygen atoms in total. The summed E-state index contributed by atoms with van der Waals surface area (Å²) in [5.41, 5.74) is 1.03. The van der Waals surface area contributed by atoms with Crippen LogP contribution >= 0.6 is 15.9 Å². The molecular formula is C12H12BrFN2. The molecule has 1 aliphatic heterocycles. The van der Waals surface area contributed by atoms with Gasteiger partial charge in [0.1, 0.15) is 5.82 Å². The van der Waals surface area contributed by atoms with E-state index in [4.69, 9.17) is 5.26 Å². The number of halogens is 2. The second-order valence-corrected chi connectivity index (χ2v) is 4.85. The Hall–Kier alpha value is -0.920. The minimum absolute atomic E-state index is 0.0111. The molecule has 0 amide bonds. The molecular weight excluding hydrogens is 271 g/mol. The molecule has 1 saturated heterocycles. The first-order chi connectivity index (χ1) is 7.70. The highest BCUT2D eigenvalue weighted by molar-refractivity contribution is 9.10. The van der Waals surface area contributed by atoms with E-state index in [0.29, 0.717) is 6.54 Å². The van der Waals surface area contributed by atoms with Gasteiger partial charge in [0.05, 0.1) is 12.1 Å². The second kappa shape index (κ2) is 4.94. The molecule has 1 fully saturated rings. The summed E-state index contributed by atoms with van der Waals surface area (Å²) in [5.74, 6) is -0.242. The van der Waals surface area contributed by atoms with E-state index in [1.54, 1.807) is 6.07 Å². The Balaban J connectivity index is 2.12. The summed E-state index contributed by atoms with van der Waals surface area (Å²) < 4.78 is 13.7. The Morgan fingerprint density at radius 1 is 1.56 bits per heavy atom. The summed E-state index contributed by atoms with van der Waals surface area (Å²) in [6.07, 6.45) is 2.01. The highest BCUT2D eigenvalue weighted by atomic mass is 79.9. The lowest BCUT2D eigenvalue weighted by molar-refractivity contribution is 0.286. The molecule has 0 saturated carbocycles. The van der Waals surface area contributed by atoms with Crippen LogP contribution in [0.4, 0.5) is 4.39 Å². The average molecular weight is 283 g/mol. The molecule has 84 valence electrons. The minimum atomic E-state index is -0.242. The number of benzene rings is 1. The summed E-state index contributed by atoms with van der Waals surface area (Å²) in [6, 6.07) is 7.00. The molecule has 0 aliphatic carbocycles. The molecule has 2 rings (SSSR count). The quantitative estimate of drug-likeness (QED) is 0.834. The Kier molecular flexibility index (Phi) is 3.57. The van der Waals surface area contributed by atoms with Crippen LogP contribution in [0.25, 0.3) is 0 Å². The Labute approximate surface area is 103 Å². The second-order valence-electron chi connectivity index (χ2n) is 3.99. The van der Waals surface area contributed by atoms with Crippen molar-refractivity contribution in [3.05, 3.63) is 34.1 Å². The molecule has 0 N–H and O–H groups in total. The van der Waals surface area contributed by atoms with Gasteiger partial charge in [-0.15, -0.1) is 0 Å². The van der Waals surface area contributed by atoms with Gasteiger partial charge in [-0.2, -0.15) is 5.26 Å². The Bertz CT molecular complexity index is 428. The average Bonchev–Trinajstić information content (AvgIpc) is 2.69. The maximum absolute atomic E-state index is 12.9. The zero-order chi connectivity index (χ0) is 11.5. The summed E-state index contributed by atoms with van der Waals surface area (Å²) in [4.78, 5) is 2.14. The van der Waals surface area contributed by atoms with Gasteiger partial charge in [0.15, 0.2) is 0 Å². The number of rotatable bonds is 2. The van der Waals surface area contributed by atoms with Crippen LogP contribution in [0.15, 0.2) is 22.7 Å². The van der Waals surface area contributed by atoms with E-state index in [1.807, 2.05) is 0 Å². The van der Waals surface area contributed by atoms with Gasteiger partial charge in [0.2, 0.25) is 0 Å². The van der Waals surface area contributed by atoms with Crippen molar-refractivity contribution in [2.45, 2.75) is 25.4 Å². The predicted molar refractivity (Wildman–Crippen MR) is 63.1 cm³/mol. The molecule has 1 aliphatic rings. The van der Waals surface area contributed by atoms with Crippen molar-refractivity contribution >= 4 is 15.9 Å². The van der Waals surface area contributed by atoms with Gasteiger partial charge in [-0.25, -0.2) is 4.39 Å². The molecule has 4 heteroatoms. The highest BCUT2D eigenvalue weighted by Crippen LogP contribution is 2.24.